The summed E-state index contributed by atoms with van der Waals surface area (Å²) in [6.45, 7) is 8.77. The molecule has 0 bridgehead atoms. The van der Waals surface area contributed by atoms with Gasteiger partial charge in [-0.1, -0.05) is 13.8 Å². The van der Waals surface area contributed by atoms with Crippen LogP contribution in [0.5, 0.6) is 0 Å². The number of hydrogen-bond acceptors (Lipinski definition) is 2. The molecule has 2 rings (SSSR count). The van der Waals surface area contributed by atoms with Crippen molar-refractivity contribution in [3.63, 3.8) is 0 Å². The molecule has 0 spiro atoms. The van der Waals surface area contributed by atoms with Gasteiger partial charge in [0.05, 0.1) is 0 Å². The van der Waals surface area contributed by atoms with E-state index in [9.17, 15) is 4.79 Å². The topological polar surface area (TPSA) is 32.3 Å². The molecule has 2 saturated heterocycles. The maximum atomic E-state index is 12.4. The molecule has 0 aromatic heterocycles. The molecule has 0 aromatic carbocycles. The third-order valence-corrected chi connectivity index (χ3v) is 4.93. The van der Waals surface area contributed by atoms with Gasteiger partial charge in [0.1, 0.15) is 0 Å². The van der Waals surface area contributed by atoms with Crippen LogP contribution in [0.3, 0.4) is 0 Å². The van der Waals surface area contributed by atoms with Crippen molar-refractivity contribution < 1.29 is 4.79 Å². The first-order valence-electron chi connectivity index (χ1n) is 8.15. The molecule has 2 aliphatic heterocycles. The van der Waals surface area contributed by atoms with Crippen molar-refractivity contribution in [2.75, 3.05) is 26.2 Å². The maximum Gasteiger partial charge on any atom is 0.222 e. The third-order valence-electron chi connectivity index (χ3n) is 4.93. The molecule has 2 fully saturated rings. The average Bonchev–Trinajstić information content (AvgIpc) is 2.65. The number of nitrogens with one attached hydrogen (secondary N) is 1. The van der Waals surface area contributed by atoms with Gasteiger partial charge in [-0.15, -0.1) is 0 Å². The molecule has 0 aromatic rings. The summed E-state index contributed by atoms with van der Waals surface area (Å²) in [5.74, 6) is 2.55. The van der Waals surface area contributed by atoms with Gasteiger partial charge in [-0.2, -0.15) is 0 Å². The Balaban J connectivity index is 1.78. The third kappa shape index (κ3) is 4.48. The lowest BCUT2D eigenvalue weighted by atomic mass is 9.89. The summed E-state index contributed by atoms with van der Waals surface area (Å²) in [7, 11) is 0. The molecule has 3 nitrogen and oxygen atoms in total. The van der Waals surface area contributed by atoms with Crippen molar-refractivity contribution in [1.82, 2.24) is 10.2 Å². The molecule has 3 heteroatoms. The van der Waals surface area contributed by atoms with Crippen LogP contribution in [-0.2, 0) is 4.79 Å². The number of nitrogens with zero attached hydrogens (tertiary/aromatic N) is 1. The van der Waals surface area contributed by atoms with Crippen LogP contribution >= 0.6 is 0 Å². The van der Waals surface area contributed by atoms with Gasteiger partial charge in [0.15, 0.2) is 0 Å². The average molecular weight is 266 g/mol. The number of amides is 1. The second-order valence-corrected chi connectivity index (χ2v) is 6.73. The molecule has 1 amide bonds. The first-order chi connectivity index (χ1) is 9.16. The summed E-state index contributed by atoms with van der Waals surface area (Å²) in [6, 6.07) is 0. The van der Waals surface area contributed by atoms with Crippen molar-refractivity contribution >= 4 is 5.91 Å². The summed E-state index contributed by atoms with van der Waals surface area (Å²) in [5.41, 5.74) is 0. The SMILES string of the molecule is CC(C)C1CCCN(C(=O)CC2CCCNC2)CC1. The predicted octanol–water partition coefficient (Wildman–Crippen LogP) is 2.66. The molecular weight excluding hydrogens is 236 g/mol. The highest BCUT2D eigenvalue weighted by Crippen LogP contribution is 2.25. The van der Waals surface area contributed by atoms with Crippen LogP contribution in [-0.4, -0.2) is 37.0 Å². The Bertz CT molecular complexity index is 284. The summed E-state index contributed by atoms with van der Waals surface area (Å²) >= 11 is 0. The van der Waals surface area contributed by atoms with E-state index in [2.05, 4.69) is 24.1 Å². The lowest BCUT2D eigenvalue weighted by Gasteiger charge is -2.26. The number of rotatable bonds is 3. The van der Waals surface area contributed by atoms with Crippen LogP contribution in [0, 0.1) is 17.8 Å². The van der Waals surface area contributed by atoms with E-state index in [0.717, 1.165) is 44.4 Å². The summed E-state index contributed by atoms with van der Waals surface area (Å²) < 4.78 is 0. The van der Waals surface area contributed by atoms with Gasteiger partial charge >= 0.3 is 0 Å². The van der Waals surface area contributed by atoms with Crippen molar-refractivity contribution in [3.8, 4) is 0 Å². The molecular formula is C16H30N2O. The van der Waals surface area contributed by atoms with Crippen molar-refractivity contribution in [3.05, 3.63) is 0 Å². The fourth-order valence-electron chi connectivity index (χ4n) is 3.51. The van der Waals surface area contributed by atoms with Crippen LogP contribution in [0.2, 0.25) is 0 Å². The Labute approximate surface area is 118 Å². The molecule has 2 aliphatic rings. The Hall–Kier alpha value is -0.570. The van der Waals surface area contributed by atoms with Crippen LogP contribution in [0.1, 0.15) is 52.4 Å². The van der Waals surface area contributed by atoms with E-state index in [4.69, 9.17) is 0 Å². The van der Waals surface area contributed by atoms with Gasteiger partial charge in [0.25, 0.3) is 0 Å². The largest absolute Gasteiger partial charge is 0.343 e. The van der Waals surface area contributed by atoms with Crippen molar-refractivity contribution in [2.24, 2.45) is 17.8 Å². The van der Waals surface area contributed by atoms with Crippen LogP contribution in [0.25, 0.3) is 0 Å². The highest BCUT2D eigenvalue weighted by molar-refractivity contribution is 5.76. The van der Waals surface area contributed by atoms with E-state index < -0.39 is 0 Å². The van der Waals surface area contributed by atoms with E-state index in [1.807, 2.05) is 0 Å². The zero-order valence-electron chi connectivity index (χ0n) is 12.7. The van der Waals surface area contributed by atoms with Gasteiger partial charge in [0.2, 0.25) is 5.91 Å². The normalized spacial score (nSPS) is 29.3. The van der Waals surface area contributed by atoms with Gasteiger partial charge < -0.3 is 10.2 Å². The molecule has 0 radical (unpaired) electrons. The highest BCUT2D eigenvalue weighted by Gasteiger charge is 2.24. The van der Waals surface area contributed by atoms with Crippen LogP contribution < -0.4 is 5.32 Å². The molecule has 1 N–H and O–H groups in total. The number of piperidine rings is 1. The van der Waals surface area contributed by atoms with E-state index in [1.165, 1.54) is 32.1 Å². The monoisotopic (exact) mass is 266 g/mol. The standard InChI is InChI=1S/C16H30N2O/c1-13(2)15-6-4-9-18(10-7-15)16(19)11-14-5-3-8-17-12-14/h13-15,17H,3-12H2,1-2H3. The minimum Gasteiger partial charge on any atom is -0.343 e. The first kappa shape index (κ1) is 14.8. The van der Waals surface area contributed by atoms with Crippen LogP contribution in [0.15, 0.2) is 0 Å². The molecule has 0 saturated carbocycles. The van der Waals surface area contributed by atoms with Gasteiger partial charge in [-0.25, -0.2) is 0 Å². The van der Waals surface area contributed by atoms with Crippen molar-refractivity contribution in [1.29, 1.82) is 0 Å². The lowest BCUT2D eigenvalue weighted by molar-refractivity contribution is -0.132. The minimum atomic E-state index is 0.401. The van der Waals surface area contributed by atoms with E-state index in [-0.39, 0.29) is 0 Å². The summed E-state index contributed by atoms with van der Waals surface area (Å²) in [6.07, 6.45) is 6.91. The quantitative estimate of drug-likeness (QED) is 0.852. The van der Waals surface area contributed by atoms with Gasteiger partial charge in [0, 0.05) is 19.5 Å². The number of hydrogen-bond donors (Lipinski definition) is 1. The smallest absolute Gasteiger partial charge is 0.222 e. The van der Waals surface area contributed by atoms with Crippen LogP contribution in [0.4, 0.5) is 0 Å². The first-order valence-corrected chi connectivity index (χ1v) is 8.15. The fraction of sp³-hybridized carbons (Fsp3) is 0.938. The fourth-order valence-corrected chi connectivity index (χ4v) is 3.51. The molecule has 19 heavy (non-hydrogen) atoms. The minimum absolute atomic E-state index is 0.401. The molecule has 0 aliphatic carbocycles. The van der Waals surface area contributed by atoms with E-state index in [1.54, 1.807) is 0 Å². The Kier molecular flexibility index (Phi) is 5.68. The summed E-state index contributed by atoms with van der Waals surface area (Å²) in [5, 5.41) is 3.41. The second kappa shape index (κ2) is 7.28. The lowest BCUT2D eigenvalue weighted by Crippen LogP contribution is -2.37. The number of carbonyl (C=O) groups excluding carboxylic acids is 1. The number of carbonyl (C=O) groups is 1. The van der Waals surface area contributed by atoms with Gasteiger partial charge in [-0.3, -0.25) is 4.79 Å². The van der Waals surface area contributed by atoms with Gasteiger partial charge in [-0.05, 0) is 62.9 Å². The second-order valence-electron chi connectivity index (χ2n) is 6.73. The zero-order chi connectivity index (χ0) is 13.7. The number of likely N-dealkylation sites (tertiary alicyclic amines) is 1. The Morgan fingerprint density at radius 3 is 2.74 bits per heavy atom. The van der Waals surface area contributed by atoms with E-state index >= 15 is 0 Å². The molecule has 2 heterocycles. The zero-order valence-corrected chi connectivity index (χ0v) is 12.7. The van der Waals surface area contributed by atoms with Crippen molar-refractivity contribution in [2.45, 2.75) is 52.4 Å². The maximum absolute atomic E-state index is 12.4. The predicted molar refractivity (Wildman–Crippen MR) is 79.0 cm³/mol. The highest BCUT2D eigenvalue weighted by atomic mass is 16.2. The molecule has 2 unspecified atom stereocenters. The Morgan fingerprint density at radius 2 is 2.05 bits per heavy atom. The molecule has 110 valence electrons. The van der Waals surface area contributed by atoms with E-state index in [0.29, 0.717) is 11.8 Å². The Morgan fingerprint density at radius 1 is 1.21 bits per heavy atom. The summed E-state index contributed by atoms with van der Waals surface area (Å²) in [4.78, 5) is 14.5. The molecule has 2 atom stereocenters.